The zero-order chi connectivity index (χ0) is 33.3. The molecule has 0 aromatic heterocycles. The maximum atomic E-state index is 13.4. The Bertz CT molecular complexity index is 1850. The summed E-state index contributed by atoms with van der Waals surface area (Å²) in [4.78, 5) is 39.8. The van der Waals surface area contributed by atoms with Crippen molar-refractivity contribution in [2.24, 2.45) is 5.14 Å². The number of hydrogen-bond donors (Lipinski definition) is 4. The molecule has 4 aromatic rings. The molecule has 4 aromatic carbocycles. The highest BCUT2D eigenvalue weighted by molar-refractivity contribution is 8.00. The first-order valence-electron chi connectivity index (χ1n) is 13.8. The maximum Gasteiger partial charge on any atom is 0.272 e. The van der Waals surface area contributed by atoms with Crippen LogP contribution in [-0.4, -0.2) is 45.6 Å². The van der Waals surface area contributed by atoms with Crippen LogP contribution in [0.25, 0.3) is 6.08 Å². The van der Waals surface area contributed by atoms with Crippen LogP contribution in [0.15, 0.2) is 113 Å². The molecule has 238 valence electrons. The zero-order valence-electron chi connectivity index (χ0n) is 25.1. The Kier molecular flexibility index (Phi) is 11.2. The Balaban J connectivity index is 1.45. The van der Waals surface area contributed by atoms with Crippen molar-refractivity contribution in [1.82, 2.24) is 5.32 Å². The molecule has 1 unspecified atom stereocenters. The van der Waals surface area contributed by atoms with E-state index in [1.807, 2.05) is 0 Å². The number of carbonyl (C=O) groups is 3. The van der Waals surface area contributed by atoms with Crippen LogP contribution >= 0.6 is 11.8 Å². The molecule has 46 heavy (non-hydrogen) atoms. The number of carbonyl (C=O) groups excluding carboxylic acids is 3. The molecule has 0 radical (unpaired) electrons. The second kappa shape index (κ2) is 15.3. The fourth-order valence-corrected chi connectivity index (χ4v) is 5.48. The highest BCUT2D eigenvalue weighted by Gasteiger charge is 2.18. The van der Waals surface area contributed by atoms with Crippen LogP contribution in [0.2, 0.25) is 0 Å². The van der Waals surface area contributed by atoms with Gasteiger partial charge in [-0.2, -0.15) is 0 Å². The van der Waals surface area contributed by atoms with Gasteiger partial charge in [-0.25, -0.2) is 13.6 Å². The number of ether oxygens (including phenoxy) is 2. The lowest BCUT2D eigenvalue weighted by Crippen LogP contribution is -2.30. The molecule has 11 nitrogen and oxygen atoms in total. The van der Waals surface area contributed by atoms with Crippen molar-refractivity contribution in [3.63, 3.8) is 0 Å². The SMILES string of the molecule is COc1ccc(/C=C(\NC(=O)c2ccccc2)C(=O)Nc2ccc(SC(C)C(=O)Nc3ccc(S(N)(=O)=O)cc3)cc2)cc1OC. The van der Waals surface area contributed by atoms with Crippen molar-refractivity contribution in [2.45, 2.75) is 22.0 Å². The van der Waals surface area contributed by atoms with Gasteiger partial charge >= 0.3 is 0 Å². The molecule has 0 saturated carbocycles. The van der Waals surface area contributed by atoms with E-state index in [9.17, 15) is 22.8 Å². The molecule has 0 fully saturated rings. The Morgan fingerprint density at radius 1 is 0.804 bits per heavy atom. The third-order valence-corrected chi connectivity index (χ3v) is 8.53. The van der Waals surface area contributed by atoms with Gasteiger partial charge in [-0.3, -0.25) is 14.4 Å². The highest BCUT2D eigenvalue weighted by Crippen LogP contribution is 2.29. The monoisotopic (exact) mass is 660 g/mol. The molecule has 5 N–H and O–H groups in total. The lowest BCUT2D eigenvalue weighted by atomic mass is 10.1. The predicted octanol–water partition coefficient (Wildman–Crippen LogP) is 4.88. The van der Waals surface area contributed by atoms with Crippen molar-refractivity contribution in [3.05, 3.63) is 114 Å². The standard InChI is InChI=1S/C33H32N4O7S2/c1-21(31(38)35-25-12-16-27(17-13-25)46(34,41)42)45-26-14-10-24(11-15-26)36-33(40)28(37-32(39)23-7-5-4-6-8-23)19-22-9-18-29(43-2)30(20-22)44-3/h4-21H,1-3H3,(H,35,38)(H,36,40)(H,37,39)(H2,34,41,42)/b28-19-. The summed E-state index contributed by atoms with van der Waals surface area (Å²) in [6.45, 7) is 1.73. The Morgan fingerprint density at radius 3 is 2.02 bits per heavy atom. The summed E-state index contributed by atoms with van der Waals surface area (Å²) in [7, 11) is -0.809. The third kappa shape index (κ3) is 9.20. The normalized spacial score (nSPS) is 12.0. The Labute approximate surface area is 271 Å². The molecule has 4 rings (SSSR count). The van der Waals surface area contributed by atoms with E-state index >= 15 is 0 Å². The summed E-state index contributed by atoms with van der Waals surface area (Å²) in [5.41, 5.74) is 1.87. The fraction of sp³-hybridized carbons (Fsp3) is 0.121. The third-order valence-electron chi connectivity index (χ3n) is 6.49. The van der Waals surface area contributed by atoms with Gasteiger partial charge in [0, 0.05) is 21.8 Å². The molecule has 1 atom stereocenters. The topological polar surface area (TPSA) is 166 Å². The van der Waals surface area contributed by atoms with E-state index in [1.54, 1.807) is 79.7 Å². The number of methoxy groups -OCH3 is 2. The van der Waals surface area contributed by atoms with Gasteiger partial charge in [0.25, 0.3) is 11.8 Å². The highest BCUT2D eigenvalue weighted by atomic mass is 32.2. The van der Waals surface area contributed by atoms with E-state index in [0.29, 0.717) is 34.0 Å². The number of nitrogens with two attached hydrogens (primary N) is 1. The van der Waals surface area contributed by atoms with Gasteiger partial charge in [-0.1, -0.05) is 24.3 Å². The van der Waals surface area contributed by atoms with Crippen LogP contribution < -0.4 is 30.6 Å². The predicted molar refractivity (Wildman–Crippen MR) is 178 cm³/mol. The quantitative estimate of drug-likeness (QED) is 0.123. The minimum Gasteiger partial charge on any atom is -0.493 e. The van der Waals surface area contributed by atoms with Crippen molar-refractivity contribution < 1.29 is 32.3 Å². The number of sulfonamides is 1. The Hall–Kier alpha value is -5.11. The van der Waals surface area contributed by atoms with E-state index in [4.69, 9.17) is 14.6 Å². The second-order valence-corrected chi connectivity index (χ2v) is 12.8. The molecule has 3 amide bonds. The first kappa shape index (κ1) is 33.8. The molecular formula is C33H32N4O7S2. The van der Waals surface area contributed by atoms with Crippen molar-refractivity contribution in [3.8, 4) is 11.5 Å². The second-order valence-electron chi connectivity index (χ2n) is 9.79. The summed E-state index contributed by atoms with van der Waals surface area (Å²) >= 11 is 1.30. The number of nitrogens with one attached hydrogen (secondary N) is 3. The van der Waals surface area contributed by atoms with Gasteiger partial charge in [0.2, 0.25) is 15.9 Å². The smallest absolute Gasteiger partial charge is 0.272 e. The summed E-state index contributed by atoms with van der Waals surface area (Å²) in [6.07, 6.45) is 1.53. The minimum absolute atomic E-state index is 0.00177. The molecule has 0 aliphatic rings. The van der Waals surface area contributed by atoms with Crippen LogP contribution in [0.3, 0.4) is 0 Å². The molecule has 0 saturated heterocycles. The Morgan fingerprint density at radius 2 is 1.41 bits per heavy atom. The molecule has 0 bridgehead atoms. The van der Waals surface area contributed by atoms with Crippen LogP contribution in [0.4, 0.5) is 11.4 Å². The summed E-state index contributed by atoms with van der Waals surface area (Å²) in [6, 6.07) is 26.1. The van der Waals surface area contributed by atoms with Crippen molar-refractivity contribution in [2.75, 3.05) is 24.9 Å². The van der Waals surface area contributed by atoms with Crippen LogP contribution in [0.5, 0.6) is 11.5 Å². The first-order valence-corrected chi connectivity index (χ1v) is 16.2. The number of rotatable bonds is 12. The molecule has 0 aliphatic carbocycles. The fourth-order valence-electron chi connectivity index (χ4n) is 4.10. The van der Waals surface area contributed by atoms with Gasteiger partial charge in [0.05, 0.1) is 24.4 Å². The molecule has 13 heteroatoms. The summed E-state index contributed by atoms with van der Waals surface area (Å²) in [5, 5.41) is 12.9. The number of primary sulfonamides is 1. The van der Waals surface area contributed by atoms with Gasteiger partial charge in [-0.05, 0) is 91.4 Å². The van der Waals surface area contributed by atoms with E-state index in [-0.39, 0.29) is 16.5 Å². The minimum atomic E-state index is -3.83. The van der Waals surface area contributed by atoms with Gasteiger partial charge in [0.1, 0.15) is 5.70 Å². The number of anilines is 2. The molecule has 0 aliphatic heterocycles. The van der Waals surface area contributed by atoms with Crippen LogP contribution in [0.1, 0.15) is 22.8 Å². The maximum absolute atomic E-state index is 13.4. The largest absolute Gasteiger partial charge is 0.493 e. The number of benzene rings is 4. The molecular weight excluding hydrogens is 629 g/mol. The van der Waals surface area contributed by atoms with Crippen LogP contribution in [-0.2, 0) is 19.6 Å². The van der Waals surface area contributed by atoms with E-state index in [2.05, 4.69) is 16.0 Å². The zero-order valence-corrected chi connectivity index (χ0v) is 26.8. The molecule has 0 heterocycles. The van der Waals surface area contributed by atoms with Gasteiger partial charge < -0.3 is 25.4 Å². The average molecular weight is 661 g/mol. The summed E-state index contributed by atoms with van der Waals surface area (Å²) in [5.74, 6) is -0.323. The first-order chi connectivity index (χ1) is 22.0. The number of thioether (sulfide) groups is 1. The van der Waals surface area contributed by atoms with E-state index < -0.39 is 27.1 Å². The van der Waals surface area contributed by atoms with E-state index in [1.165, 1.54) is 56.3 Å². The summed E-state index contributed by atoms with van der Waals surface area (Å²) < 4.78 is 33.5. The van der Waals surface area contributed by atoms with E-state index in [0.717, 1.165) is 4.90 Å². The van der Waals surface area contributed by atoms with Crippen molar-refractivity contribution in [1.29, 1.82) is 0 Å². The lowest BCUT2D eigenvalue weighted by molar-refractivity contribution is -0.115. The van der Waals surface area contributed by atoms with Gasteiger partial charge in [-0.15, -0.1) is 11.8 Å². The molecule has 0 spiro atoms. The van der Waals surface area contributed by atoms with Crippen LogP contribution in [0, 0.1) is 0 Å². The number of amides is 3. The van der Waals surface area contributed by atoms with Crippen molar-refractivity contribution >= 4 is 57.0 Å². The average Bonchev–Trinajstić information content (AvgIpc) is 3.05. The lowest BCUT2D eigenvalue weighted by Gasteiger charge is -2.14. The number of hydrogen-bond acceptors (Lipinski definition) is 8. The van der Waals surface area contributed by atoms with Gasteiger partial charge in [0.15, 0.2) is 11.5 Å².